The molecule has 0 aliphatic heterocycles. The molecule has 1 heterocycles. The molecular formula is C15H21NO4. The van der Waals surface area contributed by atoms with E-state index in [1.54, 1.807) is 6.26 Å². The van der Waals surface area contributed by atoms with Crippen molar-refractivity contribution >= 4 is 5.91 Å². The molecule has 0 spiro atoms. The minimum Gasteiger partial charge on any atom is -0.469 e. The number of hydrogen-bond acceptors (Lipinski definition) is 4. The lowest BCUT2D eigenvalue weighted by Crippen LogP contribution is -2.35. The molecular weight excluding hydrogens is 258 g/mol. The second kappa shape index (κ2) is 5.97. The van der Waals surface area contributed by atoms with Crippen LogP contribution in [0.1, 0.15) is 30.9 Å². The van der Waals surface area contributed by atoms with E-state index in [4.69, 9.17) is 9.15 Å². The van der Waals surface area contributed by atoms with Crippen LogP contribution in [0, 0.1) is 11.8 Å². The minimum atomic E-state index is -0.626. The first kappa shape index (κ1) is 13.6. The number of aliphatic hydroxyl groups is 1. The van der Waals surface area contributed by atoms with Gasteiger partial charge < -0.3 is 19.6 Å². The Morgan fingerprint density at radius 2 is 2.40 bits per heavy atom. The van der Waals surface area contributed by atoms with Crippen molar-refractivity contribution in [1.29, 1.82) is 0 Å². The first-order valence-electron chi connectivity index (χ1n) is 7.31. The lowest BCUT2D eigenvalue weighted by molar-refractivity contribution is -0.123. The molecule has 0 saturated heterocycles. The SMILES string of the molecule is O=C(NCC(O)COCC1CC1)C1CC1c1ccco1. The summed E-state index contributed by atoms with van der Waals surface area (Å²) in [6.45, 7) is 1.28. The van der Waals surface area contributed by atoms with Gasteiger partial charge in [-0.05, 0) is 37.3 Å². The van der Waals surface area contributed by atoms with Gasteiger partial charge in [-0.25, -0.2) is 0 Å². The summed E-state index contributed by atoms with van der Waals surface area (Å²) in [4.78, 5) is 11.9. The van der Waals surface area contributed by atoms with Gasteiger partial charge in [0.1, 0.15) is 5.76 Å². The van der Waals surface area contributed by atoms with Crippen molar-refractivity contribution < 1.29 is 19.1 Å². The number of carbonyl (C=O) groups excluding carboxylic acids is 1. The van der Waals surface area contributed by atoms with Crippen LogP contribution in [0.5, 0.6) is 0 Å². The monoisotopic (exact) mass is 279 g/mol. The van der Waals surface area contributed by atoms with E-state index in [9.17, 15) is 9.90 Å². The maximum atomic E-state index is 11.9. The minimum absolute atomic E-state index is 0.00681. The molecule has 1 aromatic heterocycles. The van der Waals surface area contributed by atoms with E-state index in [1.807, 2.05) is 12.1 Å². The van der Waals surface area contributed by atoms with Gasteiger partial charge in [0.05, 0.1) is 19.0 Å². The van der Waals surface area contributed by atoms with Crippen molar-refractivity contribution in [3.8, 4) is 0 Å². The van der Waals surface area contributed by atoms with Crippen molar-refractivity contribution in [3.05, 3.63) is 24.2 Å². The second-order valence-corrected chi connectivity index (χ2v) is 5.84. The zero-order valence-electron chi connectivity index (χ0n) is 11.5. The van der Waals surface area contributed by atoms with Crippen molar-refractivity contribution in [2.75, 3.05) is 19.8 Å². The highest BCUT2D eigenvalue weighted by molar-refractivity contribution is 5.82. The Morgan fingerprint density at radius 3 is 3.10 bits per heavy atom. The number of aliphatic hydroxyl groups excluding tert-OH is 1. The standard InChI is InChI=1S/C15H21NO4/c17-11(9-19-8-10-3-4-10)7-16-15(18)13-6-12(13)14-2-1-5-20-14/h1-2,5,10-13,17H,3-4,6-9H2,(H,16,18). The normalized spacial score (nSPS) is 26.2. The molecule has 0 radical (unpaired) electrons. The molecule has 5 nitrogen and oxygen atoms in total. The van der Waals surface area contributed by atoms with Crippen LogP contribution in [-0.2, 0) is 9.53 Å². The Labute approximate surface area is 118 Å². The molecule has 2 aliphatic carbocycles. The third kappa shape index (κ3) is 3.61. The van der Waals surface area contributed by atoms with E-state index >= 15 is 0 Å². The molecule has 2 fully saturated rings. The summed E-state index contributed by atoms with van der Waals surface area (Å²) in [7, 11) is 0. The quantitative estimate of drug-likeness (QED) is 0.752. The highest BCUT2D eigenvalue weighted by Crippen LogP contribution is 2.47. The molecule has 2 N–H and O–H groups in total. The van der Waals surface area contributed by atoms with Crippen LogP contribution >= 0.6 is 0 Å². The molecule has 3 rings (SSSR count). The maximum absolute atomic E-state index is 11.9. The van der Waals surface area contributed by atoms with Crippen LogP contribution in [-0.4, -0.2) is 36.9 Å². The molecule has 20 heavy (non-hydrogen) atoms. The van der Waals surface area contributed by atoms with E-state index in [-0.39, 0.29) is 24.3 Å². The third-order valence-corrected chi connectivity index (χ3v) is 3.91. The Bertz CT molecular complexity index is 441. The van der Waals surface area contributed by atoms with E-state index in [1.165, 1.54) is 12.8 Å². The number of amides is 1. The molecule has 1 amide bonds. The fraction of sp³-hybridized carbons (Fsp3) is 0.667. The van der Waals surface area contributed by atoms with Gasteiger partial charge in [0.15, 0.2) is 0 Å². The highest BCUT2D eigenvalue weighted by Gasteiger charge is 2.45. The lowest BCUT2D eigenvalue weighted by Gasteiger charge is -2.12. The Balaban J connectivity index is 1.31. The van der Waals surface area contributed by atoms with Crippen molar-refractivity contribution in [2.45, 2.75) is 31.3 Å². The van der Waals surface area contributed by atoms with Crippen LogP contribution in [0.25, 0.3) is 0 Å². The van der Waals surface area contributed by atoms with E-state index in [0.29, 0.717) is 12.5 Å². The van der Waals surface area contributed by atoms with Gasteiger partial charge in [0, 0.05) is 25.0 Å². The average molecular weight is 279 g/mol. The molecule has 2 aliphatic rings. The van der Waals surface area contributed by atoms with Crippen LogP contribution in [0.3, 0.4) is 0 Å². The zero-order valence-corrected chi connectivity index (χ0v) is 11.5. The van der Waals surface area contributed by atoms with Gasteiger partial charge in [0.2, 0.25) is 5.91 Å². The predicted octanol–water partition coefficient (Wildman–Crippen LogP) is 1.29. The summed E-state index contributed by atoms with van der Waals surface area (Å²) < 4.78 is 10.7. The van der Waals surface area contributed by atoms with Crippen molar-refractivity contribution in [3.63, 3.8) is 0 Å². The summed E-state index contributed by atoms with van der Waals surface area (Å²) >= 11 is 0. The second-order valence-electron chi connectivity index (χ2n) is 5.84. The summed E-state index contributed by atoms with van der Waals surface area (Å²) in [5.41, 5.74) is 0. The van der Waals surface area contributed by atoms with Gasteiger partial charge >= 0.3 is 0 Å². The van der Waals surface area contributed by atoms with Crippen molar-refractivity contribution in [2.24, 2.45) is 11.8 Å². The lowest BCUT2D eigenvalue weighted by atomic mass is 10.2. The molecule has 2 saturated carbocycles. The number of nitrogens with one attached hydrogen (secondary N) is 1. The van der Waals surface area contributed by atoms with Gasteiger partial charge in [-0.15, -0.1) is 0 Å². The summed E-state index contributed by atoms with van der Waals surface area (Å²) in [5.74, 6) is 1.75. The fourth-order valence-corrected chi connectivity index (χ4v) is 2.37. The topological polar surface area (TPSA) is 71.7 Å². The first-order valence-corrected chi connectivity index (χ1v) is 7.31. The molecule has 110 valence electrons. The van der Waals surface area contributed by atoms with E-state index in [2.05, 4.69) is 5.32 Å². The van der Waals surface area contributed by atoms with Crippen LogP contribution in [0.4, 0.5) is 0 Å². The molecule has 3 atom stereocenters. The Kier molecular flexibility index (Phi) is 4.08. The number of rotatable bonds is 8. The number of ether oxygens (including phenoxy) is 1. The largest absolute Gasteiger partial charge is 0.469 e. The van der Waals surface area contributed by atoms with E-state index < -0.39 is 6.10 Å². The molecule has 5 heteroatoms. The van der Waals surface area contributed by atoms with Crippen LogP contribution in [0.15, 0.2) is 22.8 Å². The third-order valence-electron chi connectivity index (χ3n) is 3.91. The highest BCUT2D eigenvalue weighted by atomic mass is 16.5. The van der Waals surface area contributed by atoms with Crippen LogP contribution in [0.2, 0.25) is 0 Å². The van der Waals surface area contributed by atoms with Crippen LogP contribution < -0.4 is 5.32 Å². The van der Waals surface area contributed by atoms with Gasteiger partial charge in [-0.3, -0.25) is 4.79 Å². The predicted molar refractivity (Wildman–Crippen MR) is 72.1 cm³/mol. The first-order chi connectivity index (χ1) is 9.74. The van der Waals surface area contributed by atoms with Gasteiger partial charge in [-0.1, -0.05) is 0 Å². The van der Waals surface area contributed by atoms with Gasteiger partial charge in [0.25, 0.3) is 0 Å². The summed E-state index contributed by atoms with van der Waals surface area (Å²) in [6, 6.07) is 3.74. The Hall–Kier alpha value is -1.33. The smallest absolute Gasteiger partial charge is 0.223 e. The zero-order chi connectivity index (χ0) is 13.9. The average Bonchev–Trinajstić information content (AvgIpc) is 3.36. The van der Waals surface area contributed by atoms with Gasteiger partial charge in [-0.2, -0.15) is 0 Å². The van der Waals surface area contributed by atoms with Crippen molar-refractivity contribution in [1.82, 2.24) is 5.32 Å². The van der Waals surface area contributed by atoms with E-state index in [0.717, 1.165) is 18.8 Å². The number of hydrogen-bond donors (Lipinski definition) is 2. The maximum Gasteiger partial charge on any atom is 0.223 e. The fourth-order valence-electron chi connectivity index (χ4n) is 2.37. The Morgan fingerprint density at radius 1 is 1.55 bits per heavy atom. The molecule has 0 aromatic carbocycles. The number of furan rings is 1. The summed E-state index contributed by atoms with van der Waals surface area (Å²) in [5, 5.41) is 12.5. The summed E-state index contributed by atoms with van der Waals surface area (Å²) in [6.07, 6.45) is 4.31. The molecule has 3 unspecified atom stereocenters. The number of carbonyl (C=O) groups is 1. The molecule has 0 bridgehead atoms. The molecule has 1 aromatic rings.